The van der Waals surface area contributed by atoms with Gasteiger partial charge in [0.15, 0.2) is 5.78 Å². The zero-order chi connectivity index (χ0) is 11.7. The van der Waals surface area contributed by atoms with Crippen LogP contribution >= 0.6 is 0 Å². The minimum atomic E-state index is -0.274. The first-order chi connectivity index (χ1) is 7.10. The third-order valence-corrected chi connectivity index (χ3v) is 2.80. The Morgan fingerprint density at radius 3 is 2.33 bits per heavy atom. The lowest BCUT2D eigenvalue weighted by molar-refractivity contribution is -0.124. The smallest absolute Gasteiger partial charge is 0.161 e. The fraction of sp³-hybridized carbons (Fsp3) is 0.692. The van der Waals surface area contributed by atoms with Crippen molar-refractivity contribution in [1.82, 2.24) is 0 Å². The summed E-state index contributed by atoms with van der Waals surface area (Å²) in [6.07, 6.45) is 8.35. The quantitative estimate of drug-likeness (QED) is 0.455. The highest BCUT2D eigenvalue weighted by Gasteiger charge is 2.29. The molecule has 1 atom stereocenters. The van der Waals surface area contributed by atoms with Gasteiger partial charge in [-0.3, -0.25) is 9.59 Å². The van der Waals surface area contributed by atoms with E-state index in [9.17, 15) is 9.59 Å². The number of carbonyl (C=O) groups excluding carboxylic acids is 2. The lowest BCUT2D eigenvalue weighted by Crippen LogP contribution is -2.26. The van der Waals surface area contributed by atoms with Crippen molar-refractivity contribution in [2.75, 3.05) is 0 Å². The molecule has 0 aromatic heterocycles. The van der Waals surface area contributed by atoms with Gasteiger partial charge in [-0.1, -0.05) is 40.0 Å². The van der Waals surface area contributed by atoms with Gasteiger partial charge in [0.05, 0.1) is 0 Å². The number of aldehydes is 1. The van der Waals surface area contributed by atoms with Crippen LogP contribution in [0.25, 0.3) is 0 Å². The highest BCUT2D eigenvalue weighted by molar-refractivity contribution is 5.96. The van der Waals surface area contributed by atoms with Crippen LogP contribution in [0.15, 0.2) is 12.2 Å². The number of carbonyl (C=O) groups is 2. The Bertz CT molecular complexity index is 231. The molecule has 0 bridgehead atoms. The van der Waals surface area contributed by atoms with Crippen LogP contribution < -0.4 is 0 Å². The topological polar surface area (TPSA) is 34.1 Å². The first-order valence-electron chi connectivity index (χ1n) is 5.77. The molecule has 0 rings (SSSR count). The minimum absolute atomic E-state index is 0.0879. The molecule has 0 aromatic rings. The van der Waals surface area contributed by atoms with E-state index in [1.165, 1.54) is 12.2 Å². The molecule has 0 saturated heterocycles. The first-order valence-corrected chi connectivity index (χ1v) is 5.77. The Morgan fingerprint density at radius 2 is 1.87 bits per heavy atom. The lowest BCUT2D eigenvalue weighted by Gasteiger charge is -2.26. The van der Waals surface area contributed by atoms with Gasteiger partial charge in [-0.05, 0) is 25.0 Å². The highest BCUT2D eigenvalue weighted by Crippen LogP contribution is 2.31. The second-order valence-corrected chi connectivity index (χ2v) is 4.27. The van der Waals surface area contributed by atoms with Gasteiger partial charge in [-0.25, -0.2) is 0 Å². The Labute approximate surface area is 92.8 Å². The van der Waals surface area contributed by atoms with Crippen molar-refractivity contribution in [3.8, 4) is 0 Å². The molecular weight excluding hydrogens is 188 g/mol. The molecule has 0 amide bonds. The van der Waals surface area contributed by atoms with Gasteiger partial charge < -0.3 is 0 Å². The second-order valence-electron chi connectivity index (χ2n) is 4.27. The molecule has 0 aromatic carbocycles. The monoisotopic (exact) mass is 210 g/mol. The van der Waals surface area contributed by atoms with Gasteiger partial charge >= 0.3 is 0 Å². The Morgan fingerprint density at radius 1 is 1.20 bits per heavy atom. The molecule has 0 saturated carbocycles. The summed E-state index contributed by atoms with van der Waals surface area (Å²) in [5.41, 5.74) is -0.274. The van der Waals surface area contributed by atoms with E-state index in [1.807, 2.05) is 6.92 Å². The van der Waals surface area contributed by atoms with Crippen LogP contribution in [0.5, 0.6) is 0 Å². The maximum atomic E-state index is 11.9. The minimum Gasteiger partial charge on any atom is -0.299 e. The van der Waals surface area contributed by atoms with E-state index in [4.69, 9.17) is 0 Å². The summed E-state index contributed by atoms with van der Waals surface area (Å²) in [5, 5.41) is 0. The molecule has 2 heteroatoms. The maximum Gasteiger partial charge on any atom is 0.161 e. The third-order valence-electron chi connectivity index (χ3n) is 2.80. The average Bonchev–Trinajstić information content (AvgIpc) is 2.23. The van der Waals surface area contributed by atoms with Gasteiger partial charge in [-0.15, -0.1) is 0 Å². The summed E-state index contributed by atoms with van der Waals surface area (Å²) in [6, 6.07) is 0. The molecule has 2 nitrogen and oxygen atoms in total. The normalized spacial score (nSPS) is 15.1. The van der Waals surface area contributed by atoms with Gasteiger partial charge in [0.25, 0.3) is 0 Å². The Hall–Kier alpha value is -0.920. The number of hydrogen-bond acceptors (Lipinski definition) is 2. The van der Waals surface area contributed by atoms with E-state index >= 15 is 0 Å². The van der Waals surface area contributed by atoms with Crippen molar-refractivity contribution in [3.05, 3.63) is 12.2 Å². The molecule has 86 valence electrons. The number of ketones is 1. The largest absolute Gasteiger partial charge is 0.299 e. The zero-order valence-corrected chi connectivity index (χ0v) is 10.1. The van der Waals surface area contributed by atoms with Gasteiger partial charge in [0.1, 0.15) is 6.29 Å². The van der Waals surface area contributed by atoms with E-state index in [0.717, 1.165) is 32.1 Å². The first kappa shape index (κ1) is 14.1. The van der Waals surface area contributed by atoms with Crippen molar-refractivity contribution < 1.29 is 9.59 Å². The lowest BCUT2D eigenvalue weighted by atomic mass is 9.77. The van der Waals surface area contributed by atoms with Crippen LogP contribution in [-0.2, 0) is 9.59 Å². The number of hydrogen-bond donors (Lipinski definition) is 0. The molecule has 0 heterocycles. The molecular formula is C13H22O2. The standard InChI is InChI=1S/C13H22O2/c1-4-6-10-13(3,9-5-2)12(15)8-7-11-14/h7-8,11H,4-6,9-10H2,1-3H3/b8-7+. The summed E-state index contributed by atoms with van der Waals surface area (Å²) >= 11 is 0. The van der Waals surface area contributed by atoms with E-state index in [-0.39, 0.29) is 11.2 Å². The van der Waals surface area contributed by atoms with E-state index < -0.39 is 0 Å². The van der Waals surface area contributed by atoms with E-state index in [0.29, 0.717) is 6.29 Å². The van der Waals surface area contributed by atoms with Crippen LogP contribution in [0.3, 0.4) is 0 Å². The SMILES string of the molecule is CCCCC(C)(CCC)C(=O)/C=C/C=O. The van der Waals surface area contributed by atoms with Crippen molar-refractivity contribution >= 4 is 12.1 Å². The van der Waals surface area contributed by atoms with Crippen LogP contribution in [0, 0.1) is 5.41 Å². The van der Waals surface area contributed by atoms with Crippen molar-refractivity contribution in [2.24, 2.45) is 5.41 Å². The van der Waals surface area contributed by atoms with Crippen LogP contribution in [0.1, 0.15) is 52.9 Å². The Kier molecular flexibility index (Phi) is 6.93. The number of unbranched alkanes of at least 4 members (excludes halogenated alkanes) is 1. The van der Waals surface area contributed by atoms with Gasteiger partial charge in [0.2, 0.25) is 0 Å². The summed E-state index contributed by atoms with van der Waals surface area (Å²) in [5.74, 6) is 0.0879. The number of allylic oxidation sites excluding steroid dienone is 2. The molecule has 15 heavy (non-hydrogen) atoms. The second kappa shape index (κ2) is 7.38. The van der Waals surface area contributed by atoms with Crippen molar-refractivity contribution in [3.63, 3.8) is 0 Å². The predicted molar refractivity (Wildman–Crippen MR) is 62.8 cm³/mol. The average molecular weight is 210 g/mol. The van der Waals surface area contributed by atoms with Crippen molar-refractivity contribution in [2.45, 2.75) is 52.9 Å². The molecule has 0 aliphatic heterocycles. The van der Waals surface area contributed by atoms with Crippen molar-refractivity contribution in [1.29, 1.82) is 0 Å². The molecule has 0 aliphatic rings. The zero-order valence-electron chi connectivity index (χ0n) is 10.1. The predicted octanol–water partition coefficient (Wildman–Crippen LogP) is 3.31. The fourth-order valence-corrected chi connectivity index (χ4v) is 1.82. The Balaban J connectivity index is 4.52. The molecule has 0 fully saturated rings. The van der Waals surface area contributed by atoms with E-state index in [2.05, 4.69) is 13.8 Å². The summed E-state index contributed by atoms with van der Waals surface area (Å²) in [4.78, 5) is 22.0. The maximum absolute atomic E-state index is 11.9. The molecule has 1 unspecified atom stereocenters. The number of rotatable bonds is 8. The third kappa shape index (κ3) is 4.91. The molecule has 0 spiro atoms. The summed E-state index contributed by atoms with van der Waals surface area (Å²) < 4.78 is 0. The van der Waals surface area contributed by atoms with Gasteiger partial charge in [-0.2, -0.15) is 0 Å². The fourth-order valence-electron chi connectivity index (χ4n) is 1.82. The summed E-state index contributed by atoms with van der Waals surface area (Å²) in [7, 11) is 0. The molecule has 0 N–H and O–H groups in total. The highest BCUT2D eigenvalue weighted by atomic mass is 16.1. The van der Waals surface area contributed by atoms with E-state index in [1.54, 1.807) is 0 Å². The van der Waals surface area contributed by atoms with Crippen LogP contribution in [-0.4, -0.2) is 12.1 Å². The molecule has 0 aliphatic carbocycles. The van der Waals surface area contributed by atoms with Crippen LogP contribution in [0.2, 0.25) is 0 Å². The molecule has 0 radical (unpaired) electrons. The van der Waals surface area contributed by atoms with Crippen LogP contribution in [0.4, 0.5) is 0 Å². The van der Waals surface area contributed by atoms with Gasteiger partial charge in [0, 0.05) is 5.41 Å². The summed E-state index contributed by atoms with van der Waals surface area (Å²) in [6.45, 7) is 6.21.